The number of hydrogen-bond acceptors (Lipinski definition) is 0. The van der Waals surface area contributed by atoms with Gasteiger partial charge in [-0.3, -0.25) is 0 Å². The van der Waals surface area contributed by atoms with Gasteiger partial charge in [-0.15, -0.1) is 0 Å². The molecule has 0 amide bonds. The van der Waals surface area contributed by atoms with Gasteiger partial charge in [-0.2, -0.15) is 0 Å². The third-order valence-electron chi connectivity index (χ3n) is 1.84. The number of rotatable bonds is 3. The van der Waals surface area contributed by atoms with Gasteiger partial charge in [0.2, 0.25) is 0 Å². The second kappa shape index (κ2) is 4.66. The van der Waals surface area contributed by atoms with Crippen molar-refractivity contribution in [1.82, 2.24) is 0 Å². The van der Waals surface area contributed by atoms with Crippen molar-refractivity contribution < 1.29 is 0 Å². The zero-order valence-corrected chi connectivity index (χ0v) is 8.33. The lowest BCUT2D eigenvalue weighted by Gasteiger charge is -2.03. The van der Waals surface area contributed by atoms with Gasteiger partial charge in [0.05, 0.1) is 0 Å². The lowest BCUT2D eigenvalue weighted by molar-refractivity contribution is 0.834. The molecule has 0 saturated heterocycles. The molecule has 0 unspecified atom stereocenters. The Morgan fingerprint density at radius 2 is 1.85 bits per heavy atom. The van der Waals surface area contributed by atoms with Gasteiger partial charge in [0.15, 0.2) is 0 Å². The molecule has 0 fully saturated rings. The van der Waals surface area contributed by atoms with Gasteiger partial charge in [0, 0.05) is 0 Å². The molecule has 0 N–H and O–H groups in total. The van der Waals surface area contributed by atoms with E-state index in [0.717, 1.165) is 0 Å². The fraction of sp³-hybridized carbons (Fsp3) is 0.231. The Hall–Kier alpha value is -1.30. The van der Waals surface area contributed by atoms with E-state index >= 15 is 0 Å². The fourth-order valence-electron chi connectivity index (χ4n) is 1.27. The van der Waals surface area contributed by atoms with Gasteiger partial charge in [-0.05, 0) is 17.1 Å². The van der Waals surface area contributed by atoms with Gasteiger partial charge in [-0.25, -0.2) is 0 Å². The van der Waals surface area contributed by atoms with Crippen LogP contribution in [0, 0.1) is 5.92 Å². The maximum atomic E-state index is 3.82. The molecule has 1 aromatic carbocycles. The Kier molecular flexibility index (Phi) is 3.51. The molecule has 0 heteroatoms. The van der Waals surface area contributed by atoms with Gasteiger partial charge in [0.1, 0.15) is 0 Å². The molecule has 0 aliphatic carbocycles. The van der Waals surface area contributed by atoms with E-state index in [1.807, 2.05) is 24.3 Å². The maximum absolute atomic E-state index is 3.82. The Morgan fingerprint density at radius 3 is 2.31 bits per heavy atom. The van der Waals surface area contributed by atoms with Crippen molar-refractivity contribution in [2.45, 2.75) is 13.8 Å². The van der Waals surface area contributed by atoms with Crippen LogP contribution in [0.4, 0.5) is 0 Å². The standard InChI is InChI=1S/C13H16/c1-4-12(10-11(2)3)13-8-6-5-7-9-13/h4-11H,1H2,2-3H3/b12-10+. The van der Waals surface area contributed by atoms with Crippen LogP contribution in [0.1, 0.15) is 19.4 Å². The van der Waals surface area contributed by atoms with Gasteiger partial charge < -0.3 is 0 Å². The third kappa shape index (κ3) is 2.90. The van der Waals surface area contributed by atoms with Crippen LogP contribution in [-0.4, -0.2) is 0 Å². The van der Waals surface area contributed by atoms with E-state index in [2.05, 4.69) is 38.6 Å². The van der Waals surface area contributed by atoms with E-state index in [1.165, 1.54) is 11.1 Å². The first-order valence-electron chi connectivity index (χ1n) is 4.63. The summed E-state index contributed by atoms with van der Waals surface area (Å²) in [7, 11) is 0. The quantitative estimate of drug-likeness (QED) is 0.606. The number of benzene rings is 1. The van der Waals surface area contributed by atoms with Crippen LogP contribution < -0.4 is 0 Å². The molecule has 1 aromatic rings. The molecule has 0 bridgehead atoms. The van der Waals surface area contributed by atoms with Crippen LogP contribution in [0.25, 0.3) is 5.57 Å². The fourth-order valence-corrected chi connectivity index (χ4v) is 1.27. The summed E-state index contributed by atoms with van der Waals surface area (Å²) in [6.07, 6.45) is 4.14. The van der Waals surface area contributed by atoms with Crippen molar-refractivity contribution in [2.24, 2.45) is 5.92 Å². The van der Waals surface area contributed by atoms with Crippen molar-refractivity contribution >= 4 is 5.57 Å². The second-order valence-electron chi connectivity index (χ2n) is 3.44. The first-order valence-corrected chi connectivity index (χ1v) is 4.63. The highest BCUT2D eigenvalue weighted by Crippen LogP contribution is 2.16. The Labute approximate surface area is 80.6 Å². The first kappa shape index (κ1) is 9.79. The van der Waals surface area contributed by atoms with Crippen molar-refractivity contribution in [3.8, 4) is 0 Å². The predicted octanol–water partition coefficient (Wildman–Crippen LogP) is 3.91. The summed E-state index contributed by atoms with van der Waals surface area (Å²) in [6.45, 7) is 8.17. The normalized spacial score (nSPS) is 11.8. The molecular weight excluding hydrogens is 156 g/mol. The van der Waals surface area contributed by atoms with Gasteiger partial charge in [0.25, 0.3) is 0 Å². The average molecular weight is 172 g/mol. The smallest absolute Gasteiger partial charge is 0.0187 e. The zero-order chi connectivity index (χ0) is 9.68. The Bertz CT molecular complexity index is 291. The summed E-state index contributed by atoms with van der Waals surface area (Å²) in [4.78, 5) is 0. The monoisotopic (exact) mass is 172 g/mol. The summed E-state index contributed by atoms with van der Waals surface area (Å²) < 4.78 is 0. The predicted molar refractivity (Wildman–Crippen MR) is 59.5 cm³/mol. The van der Waals surface area contributed by atoms with E-state index in [1.54, 1.807) is 0 Å². The largest absolute Gasteiger partial charge is 0.0985 e. The number of allylic oxidation sites excluding steroid dienone is 3. The zero-order valence-electron chi connectivity index (χ0n) is 8.33. The summed E-state index contributed by atoms with van der Waals surface area (Å²) in [6, 6.07) is 10.3. The van der Waals surface area contributed by atoms with Crippen LogP contribution in [0.15, 0.2) is 49.1 Å². The SMILES string of the molecule is C=C/C(=C\C(C)C)c1ccccc1. The molecule has 0 nitrogen and oxygen atoms in total. The van der Waals surface area contributed by atoms with Crippen LogP contribution in [-0.2, 0) is 0 Å². The first-order chi connectivity index (χ1) is 6.24. The molecule has 1 rings (SSSR count). The van der Waals surface area contributed by atoms with E-state index in [4.69, 9.17) is 0 Å². The highest BCUT2D eigenvalue weighted by Gasteiger charge is 1.96. The molecule has 68 valence electrons. The molecule has 0 atom stereocenters. The molecule has 0 heterocycles. The molecule has 0 aliphatic heterocycles. The average Bonchev–Trinajstić information content (AvgIpc) is 2.15. The van der Waals surface area contributed by atoms with Crippen LogP contribution in [0.3, 0.4) is 0 Å². The molecule has 13 heavy (non-hydrogen) atoms. The molecule has 0 spiro atoms. The third-order valence-corrected chi connectivity index (χ3v) is 1.84. The highest BCUT2D eigenvalue weighted by molar-refractivity contribution is 5.73. The molecule has 0 radical (unpaired) electrons. The molecular formula is C13H16. The van der Waals surface area contributed by atoms with E-state index in [9.17, 15) is 0 Å². The molecule has 0 aliphatic rings. The lowest BCUT2D eigenvalue weighted by atomic mass is 10.0. The molecule has 0 aromatic heterocycles. The van der Waals surface area contributed by atoms with Crippen molar-refractivity contribution in [2.75, 3.05) is 0 Å². The highest BCUT2D eigenvalue weighted by atomic mass is 14.0. The van der Waals surface area contributed by atoms with Crippen molar-refractivity contribution in [3.05, 3.63) is 54.6 Å². The van der Waals surface area contributed by atoms with Crippen molar-refractivity contribution in [1.29, 1.82) is 0 Å². The van der Waals surface area contributed by atoms with Gasteiger partial charge >= 0.3 is 0 Å². The summed E-state index contributed by atoms with van der Waals surface area (Å²) in [5, 5.41) is 0. The van der Waals surface area contributed by atoms with Gasteiger partial charge in [-0.1, -0.05) is 62.9 Å². The summed E-state index contributed by atoms with van der Waals surface area (Å²) in [5.74, 6) is 0.563. The lowest BCUT2D eigenvalue weighted by Crippen LogP contribution is -1.84. The van der Waals surface area contributed by atoms with Crippen molar-refractivity contribution in [3.63, 3.8) is 0 Å². The van der Waals surface area contributed by atoms with Crippen LogP contribution >= 0.6 is 0 Å². The Morgan fingerprint density at radius 1 is 1.23 bits per heavy atom. The minimum Gasteiger partial charge on any atom is -0.0985 e. The summed E-state index contributed by atoms with van der Waals surface area (Å²) >= 11 is 0. The van der Waals surface area contributed by atoms with E-state index < -0.39 is 0 Å². The second-order valence-corrected chi connectivity index (χ2v) is 3.44. The summed E-state index contributed by atoms with van der Waals surface area (Å²) in [5.41, 5.74) is 2.46. The van der Waals surface area contributed by atoms with Crippen LogP contribution in [0.5, 0.6) is 0 Å². The minimum atomic E-state index is 0.563. The number of hydrogen-bond donors (Lipinski definition) is 0. The van der Waals surface area contributed by atoms with Crippen LogP contribution in [0.2, 0.25) is 0 Å². The Balaban J connectivity index is 2.98. The topological polar surface area (TPSA) is 0 Å². The maximum Gasteiger partial charge on any atom is -0.0187 e. The minimum absolute atomic E-state index is 0.563. The molecule has 0 saturated carbocycles. The van der Waals surface area contributed by atoms with E-state index in [-0.39, 0.29) is 0 Å². The van der Waals surface area contributed by atoms with E-state index in [0.29, 0.717) is 5.92 Å².